The molecule has 0 spiro atoms. The van der Waals surface area contributed by atoms with E-state index in [-0.39, 0.29) is 17.3 Å². The molecule has 0 aliphatic heterocycles. The van der Waals surface area contributed by atoms with Crippen LogP contribution in [0.1, 0.15) is 45.2 Å². The van der Waals surface area contributed by atoms with E-state index in [9.17, 15) is 18.0 Å². The third-order valence-electron chi connectivity index (χ3n) is 6.34. The van der Waals surface area contributed by atoms with E-state index in [4.69, 9.17) is 11.6 Å². The Kier molecular flexibility index (Phi) is 10.4. The number of amides is 2. The number of nitrogens with zero attached hydrogens (tertiary/aromatic N) is 2. The number of carbonyl (C=O) groups excluding carboxylic acids is 2. The SMILES string of the molecule is CC[C@H](C(=O)NC(C)(C)C)N(CCc1ccccc1)C(=O)CN(c1cccc(C)c1)S(=O)(=O)c1ccc(Cl)cc1. The van der Waals surface area contributed by atoms with Gasteiger partial charge in [0.15, 0.2) is 0 Å². The van der Waals surface area contributed by atoms with Crippen LogP contribution in [0.5, 0.6) is 0 Å². The van der Waals surface area contributed by atoms with E-state index in [1.807, 2.05) is 71.0 Å². The van der Waals surface area contributed by atoms with Gasteiger partial charge in [0.25, 0.3) is 10.0 Å². The van der Waals surface area contributed by atoms with E-state index in [1.165, 1.54) is 29.2 Å². The molecular formula is C31H38ClN3O4S. The third kappa shape index (κ3) is 8.32. The van der Waals surface area contributed by atoms with Crippen molar-refractivity contribution < 1.29 is 18.0 Å². The van der Waals surface area contributed by atoms with Crippen molar-refractivity contribution in [3.63, 3.8) is 0 Å². The molecule has 7 nitrogen and oxygen atoms in total. The van der Waals surface area contributed by atoms with E-state index >= 15 is 0 Å². The topological polar surface area (TPSA) is 86.8 Å². The predicted octanol–water partition coefficient (Wildman–Crippen LogP) is 5.61. The molecule has 1 atom stereocenters. The maximum Gasteiger partial charge on any atom is 0.264 e. The molecule has 0 radical (unpaired) electrons. The molecule has 0 unspecified atom stereocenters. The summed E-state index contributed by atoms with van der Waals surface area (Å²) in [5, 5.41) is 3.38. The van der Waals surface area contributed by atoms with Gasteiger partial charge in [-0.05, 0) is 88.1 Å². The van der Waals surface area contributed by atoms with Crippen LogP contribution in [0, 0.1) is 6.92 Å². The fourth-order valence-corrected chi connectivity index (χ4v) is 5.93. The van der Waals surface area contributed by atoms with Crippen LogP contribution in [0.25, 0.3) is 0 Å². The molecule has 0 saturated carbocycles. The molecule has 214 valence electrons. The van der Waals surface area contributed by atoms with Gasteiger partial charge in [0.05, 0.1) is 10.6 Å². The van der Waals surface area contributed by atoms with E-state index in [2.05, 4.69) is 5.32 Å². The highest BCUT2D eigenvalue weighted by Crippen LogP contribution is 2.26. The van der Waals surface area contributed by atoms with Gasteiger partial charge in [-0.3, -0.25) is 13.9 Å². The Balaban J connectivity index is 2.02. The van der Waals surface area contributed by atoms with Gasteiger partial charge in [-0.1, -0.05) is 61.0 Å². The maximum absolute atomic E-state index is 14.1. The lowest BCUT2D eigenvalue weighted by atomic mass is 10.1. The lowest BCUT2D eigenvalue weighted by Gasteiger charge is -2.34. The normalized spacial score (nSPS) is 12.4. The molecule has 3 aromatic carbocycles. The predicted molar refractivity (Wildman–Crippen MR) is 161 cm³/mol. The molecule has 0 saturated heterocycles. The molecule has 0 fully saturated rings. The van der Waals surface area contributed by atoms with Crippen LogP contribution in [0.15, 0.2) is 83.8 Å². The number of anilines is 1. The maximum atomic E-state index is 14.1. The summed E-state index contributed by atoms with van der Waals surface area (Å²) in [5.41, 5.74) is 1.72. The highest BCUT2D eigenvalue weighted by atomic mass is 35.5. The number of hydrogen-bond donors (Lipinski definition) is 1. The quantitative estimate of drug-likeness (QED) is 0.318. The van der Waals surface area contributed by atoms with Gasteiger partial charge >= 0.3 is 0 Å². The van der Waals surface area contributed by atoms with Crippen LogP contribution >= 0.6 is 11.6 Å². The lowest BCUT2D eigenvalue weighted by molar-refractivity contribution is -0.140. The van der Waals surface area contributed by atoms with E-state index in [1.54, 1.807) is 18.2 Å². The van der Waals surface area contributed by atoms with Gasteiger partial charge in [0.2, 0.25) is 11.8 Å². The molecule has 9 heteroatoms. The van der Waals surface area contributed by atoms with Crippen LogP contribution in [0.4, 0.5) is 5.69 Å². The van der Waals surface area contributed by atoms with Crippen molar-refractivity contribution in [1.82, 2.24) is 10.2 Å². The molecule has 3 rings (SSSR count). The number of carbonyl (C=O) groups is 2. The summed E-state index contributed by atoms with van der Waals surface area (Å²) >= 11 is 6.01. The molecule has 3 aromatic rings. The Morgan fingerprint density at radius 3 is 2.17 bits per heavy atom. The number of aryl methyl sites for hydroxylation is 1. The average Bonchev–Trinajstić information content (AvgIpc) is 2.89. The molecule has 1 N–H and O–H groups in total. The minimum atomic E-state index is -4.14. The first kappa shape index (κ1) is 31.2. The number of benzene rings is 3. The number of nitrogens with one attached hydrogen (secondary N) is 1. The Labute approximate surface area is 243 Å². The molecular weight excluding hydrogens is 546 g/mol. The van der Waals surface area contributed by atoms with Gasteiger partial charge in [-0.25, -0.2) is 8.42 Å². The highest BCUT2D eigenvalue weighted by molar-refractivity contribution is 7.92. The number of sulfonamides is 1. The second-order valence-electron chi connectivity index (χ2n) is 10.8. The summed E-state index contributed by atoms with van der Waals surface area (Å²) in [7, 11) is -4.14. The standard InChI is InChI=1S/C31H38ClN3O4S/c1-6-28(30(37)33-31(3,4)5)34(20-19-24-12-8-7-9-13-24)29(36)22-35(26-14-10-11-23(2)21-26)40(38,39)27-17-15-25(32)16-18-27/h7-18,21,28H,6,19-20,22H2,1-5H3,(H,33,37)/t28-/m1/s1. The zero-order valence-electron chi connectivity index (χ0n) is 23.7. The van der Waals surface area contributed by atoms with Crippen molar-refractivity contribution in [2.75, 3.05) is 17.4 Å². The van der Waals surface area contributed by atoms with Crippen molar-refractivity contribution in [3.8, 4) is 0 Å². The number of halogens is 1. The summed E-state index contributed by atoms with van der Waals surface area (Å²) in [6.45, 7) is 9.13. The molecule has 40 heavy (non-hydrogen) atoms. The third-order valence-corrected chi connectivity index (χ3v) is 8.38. The molecule has 0 aliphatic rings. The van der Waals surface area contributed by atoms with Crippen LogP contribution < -0.4 is 9.62 Å². The fraction of sp³-hybridized carbons (Fsp3) is 0.355. The Bertz CT molecular complexity index is 1400. The highest BCUT2D eigenvalue weighted by Gasteiger charge is 2.34. The monoisotopic (exact) mass is 583 g/mol. The largest absolute Gasteiger partial charge is 0.350 e. The van der Waals surface area contributed by atoms with Crippen molar-refractivity contribution in [2.24, 2.45) is 0 Å². The van der Waals surface area contributed by atoms with Crippen LogP contribution in [0.2, 0.25) is 5.02 Å². The minimum Gasteiger partial charge on any atom is -0.350 e. The molecule has 0 bridgehead atoms. The summed E-state index contributed by atoms with van der Waals surface area (Å²) in [5.74, 6) is -0.745. The van der Waals surface area contributed by atoms with Crippen molar-refractivity contribution >= 4 is 39.1 Å². The minimum absolute atomic E-state index is 0.0135. The summed E-state index contributed by atoms with van der Waals surface area (Å²) in [6, 6.07) is 21.7. The molecule has 0 aliphatic carbocycles. The van der Waals surface area contributed by atoms with Crippen molar-refractivity contribution in [3.05, 3.63) is 95.0 Å². The van der Waals surface area contributed by atoms with Crippen LogP contribution in [-0.4, -0.2) is 49.8 Å². The fourth-order valence-electron chi connectivity index (χ4n) is 4.39. The Hall–Kier alpha value is -3.36. The smallest absolute Gasteiger partial charge is 0.264 e. The summed E-state index contributed by atoms with van der Waals surface area (Å²) in [6.07, 6.45) is 0.886. The zero-order chi connectivity index (χ0) is 29.5. The first-order valence-corrected chi connectivity index (χ1v) is 15.1. The van der Waals surface area contributed by atoms with Gasteiger partial charge in [0, 0.05) is 17.1 Å². The van der Waals surface area contributed by atoms with Crippen molar-refractivity contribution in [1.29, 1.82) is 0 Å². The van der Waals surface area contributed by atoms with Crippen LogP contribution in [-0.2, 0) is 26.0 Å². The summed E-state index contributed by atoms with van der Waals surface area (Å²) < 4.78 is 28.9. The molecule has 0 heterocycles. The Morgan fingerprint density at radius 2 is 1.60 bits per heavy atom. The lowest BCUT2D eigenvalue weighted by Crippen LogP contribution is -2.56. The second-order valence-corrected chi connectivity index (χ2v) is 13.1. The molecule has 2 amide bonds. The molecule has 0 aromatic heterocycles. The van der Waals surface area contributed by atoms with E-state index in [0.717, 1.165) is 15.4 Å². The van der Waals surface area contributed by atoms with Gasteiger partial charge in [-0.15, -0.1) is 0 Å². The first-order chi connectivity index (χ1) is 18.8. The van der Waals surface area contributed by atoms with E-state index in [0.29, 0.717) is 23.6 Å². The van der Waals surface area contributed by atoms with Gasteiger partial charge in [-0.2, -0.15) is 0 Å². The van der Waals surface area contributed by atoms with Crippen molar-refractivity contribution in [2.45, 2.75) is 63.9 Å². The Morgan fingerprint density at radius 1 is 0.950 bits per heavy atom. The van der Waals surface area contributed by atoms with E-state index < -0.39 is 34.1 Å². The summed E-state index contributed by atoms with van der Waals surface area (Å²) in [4.78, 5) is 28.9. The van der Waals surface area contributed by atoms with Gasteiger partial charge in [0.1, 0.15) is 12.6 Å². The second kappa shape index (κ2) is 13.3. The van der Waals surface area contributed by atoms with Crippen LogP contribution in [0.3, 0.4) is 0 Å². The van der Waals surface area contributed by atoms with Gasteiger partial charge < -0.3 is 10.2 Å². The average molecular weight is 584 g/mol. The number of hydrogen-bond acceptors (Lipinski definition) is 4. The zero-order valence-corrected chi connectivity index (χ0v) is 25.3. The first-order valence-electron chi connectivity index (χ1n) is 13.3. The number of rotatable bonds is 11.